The molecule has 29 heavy (non-hydrogen) atoms. The summed E-state index contributed by atoms with van der Waals surface area (Å²) in [6.45, 7) is 1.23. The van der Waals surface area contributed by atoms with Gasteiger partial charge in [0, 0.05) is 26.1 Å². The summed E-state index contributed by atoms with van der Waals surface area (Å²) in [6, 6.07) is 13.9. The predicted molar refractivity (Wildman–Crippen MR) is 104 cm³/mol. The molecule has 152 valence electrons. The summed E-state index contributed by atoms with van der Waals surface area (Å²) in [5.41, 5.74) is 3.04. The second-order valence-corrected chi connectivity index (χ2v) is 7.35. The highest BCUT2D eigenvalue weighted by atomic mass is 19.1. The van der Waals surface area contributed by atoms with E-state index in [-0.39, 0.29) is 37.5 Å². The minimum atomic E-state index is -1.00. The van der Waals surface area contributed by atoms with Gasteiger partial charge in [-0.3, -0.25) is 4.79 Å². The summed E-state index contributed by atoms with van der Waals surface area (Å²) in [5, 5.41) is 9.20. The Morgan fingerprint density at radius 3 is 2.55 bits per heavy atom. The van der Waals surface area contributed by atoms with Gasteiger partial charge in [-0.05, 0) is 35.2 Å². The maximum atomic E-state index is 13.5. The van der Waals surface area contributed by atoms with E-state index in [1.54, 1.807) is 17.0 Å². The summed E-state index contributed by atoms with van der Waals surface area (Å²) in [6.07, 6.45) is -0.641. The number of nitrogens with zero attached hydrogens (tertiary/aromatic N) is 2. The number of hydrogen-bond acceptors (Lipinski definition) is 3. The number of fused-ring (bicyclic) bond motifs is 1. The smallest absolute Gasteiger partial charge is 0.407 e. The van der Waals surface area contributed by atoms with Crippen LogP contribution in [0.2, 0.25) is 0 Å². The molecule has 1 N–H and O–H groups in total. The SMILES string of the molecule is O=C(O)N1CCO[C@@H](C(=O)N2CCc3ccccc3[C@@H]2c2ccc(F)cc2)CC1. The third-order valence-corrected chi connectivity index (χ3v) is 5.64. The molecule has 7 heteroatoms. The number of amides is 2. The average molecular weight is 398 g/mol. The topological polar surface area (TPSA) is 70.1 Å². The summed E-state index contributed by atoms with van der Waals surface area (Å²) in [4.78, 5) is 27.7. The third kappa shape index (κ3) is 3.96. The average Bonchev–Trinajstić information content (AvgIpc) is 3.00. The Morgan fingerprint density at radius 1 is 1.03 bits per heavy atom. The first-order valence-electron chi connectivity index (χ1n) is 9.78. The minimum absolute atomic E-state index is 0.152. The zero-order valence-electron chi connectivity index (χ0n) is 16.0. The number of rotatable bonds is 2. The fourth-order valence-electron chi connectivity index (χ4n) is 4.15. The first-order chi connectivity index (χ1) is 14.0. The summed E-state index contributed by atoms with van der Waals surface area (Å²) >= 11 is 0. The second kappa shape index (κ2) is 8.21. The first-order valence-corrected chi connectivity index (χ1v) is 9.78. The molecule has 0 radical (unpaired) electrons. The number of carbonyl (C=O) groups excluding carboxylic acids is 1. The van der Waals surface area contributed by atoms with E-state index in [4.69, 9.17) is 4.74 Å². The van der Waals surface area contributed by atoms with Gasteiger partial charge >= 0.3 is 6.09 Å². The van der Waals surface area contributed by atoms with Crippen LogP contribution in [-0.2, 0) is 16.0 Å². The van der Waals surface area contributed by atoms with Crippen LogP contribution in [0.4, 0.5) is 9.18 Å². The molecule has 2 aliphatic heterocycles. The number of carbonyl (C=O) groups is 2. The predicted octanol–water partition coefficient (Wildman–Crippen LogP) is 3.07. The van der Waals surface area contributed by atoms with Crippen molar-refractivity contribution in [1.82, 2.24) is 9.80 Å². The molecule has 2 aromatic carbocycles. The summed E-state index contributed by atoms with van der Waals surface area (Å²) in [5.74, 6) is -0.474. The maximum Gasteiger partial charge on any atom is 0.407 e. The zero-order chi connectivity index (χ0) is 20.4. The standard InChI is InChI=1S/C22H23FN2O4/c23-17-7-5-16(6-8-17)20-18-4-2-1-3-15(18)9-12-25(20)21(26)19-10-11-24(22(27)28)13-14-29-19/h1-8,19-20H,9-14H2,(H,27,28)/t19-,20+/m1/s1. The van der Waals surface area contributed by atoms with Gasteiger partial charge in [0.25, 0.3) is 5.91 Å². The molecule has 1 saturated heterocycles. The molecule has 2 atom stereocenters. The molecule has 2 heterocycles. The van der Waals surface area contributed by atoms with E-state index in [0.717, 1.165) is 17.5 Å². The Bertz CT molecular complexity index is 902. The van der Waals surface area contributed by atoms with Crippen LogP contribution in [-0.4, -0.2) is 59.3 Å². The third-order valence-electron chi connectivity index (χ3n) is 5.64. The van der Waals surface area contributed by atoms with Crippen molar-refractivity contribution in [3.8, 4) is 0 Å². The van der Waals surface area contributed by atoms with E-state index in [2.05, 4.69) is 6.07 Å². The molecule has 2 aromatic rings. The van der Waals surface area contributed by atoms with Crippen molar-refractivity contribution in [3.05, 3.63) is 71.0 Å². The molecule has 6 nitrogen and oxygen atoms in total. The van der Waals surface area contributed by atoms with Crippen molar-refractivity contribution >= 4 is 12.0 Å². The maximum absolute atomic E-state index is 13.5. The number of halogens is 1. The molecule has 0 saturated carbocycles. The Labute approximate surface area is 168 Å². The fraction of sp³-hybridized carbons (Fsp3) is 0.364. The number of benzene rings is 2. The first kappa shape index (κ1) is 19.4. The van der Waals surface area contributed by atoms with Crippen LogP contribution in [0.25, 0.3) is 0 Å². The number of hydrogen-bond donors (Lipinski definition) is 1. The van der Waals surface area contributed by atoms with E-state index in [1.807, 2.05) is 18.2 Å². The van der Waals surface area contributed by atoms with E-state index in [0.29, 0.717) is 13.0 Å². The number of ether oxygens (including phenoxy) is 1. The Morgan fingerprint density at radius 2 is 1.79 bits per heavy atom. The molecule has 0 unspecified atom stereocenters. The van der Waals surface area contributed by atoms with Crippen molar-refractivity contribution < 1.29 is 23.8 Å². The van der Waals surface area contributed by atoms with Crippen LogP contribution in [0.3, 0.4) is 0 Å². The van der Waals surface area contributed by atoms with E-state index >= 15 is 0 Å². The molecule has 4 rings (SSSR count). The van der Waals surface area contributed by atoms with Crippen LogP contribution in [0.5, 0.6) is 0 Å². The molecular formula is C22H23FN2O4. The van der Waals surface area contributed by atoms with Crippen LogP contribution >= 0.6 is 0 Å². The molecule has 0 aromatic heterocycles. The largest absolute Gasteiger partial charge is 0.465 e. The fourth-order valence-corrected chi connectivity index (χ4v) is 4.15. The zero-order valence-corrected chi connectivity index (χ0v) is 16.0. The van der Waals surface area contributed by atoms with Crippen molar-refractivity contribution in [2.75, 3.05) is 26.2 Å². The molecule has 1 fully saturated rings. The van der Waals surface area contributed by atoms with Crippen LogP contribution in [0.1, 0.15) is 29.2 Å². The van der Waals surface area contributed by atoms with E-state index in [9.17, 15) is 19.1 Å². The monoisotopic (exact) mass is 398 g/mol. The van der Waals surface area contributed by atoms with Gasteiger partial charge in [-0.25, -0.2) is 9.18 Å². The van der Waals surface area contributed by atoms with Crippen molar-refractivity contribution in [2.24, 2.45) is 0 Å². The lowest BCUT2D eigenvalue weighted by Gasteiger charge is -2.39. The highest BCUT2D eigenvalue weighted by Gasteiger charge is 2.36. The molecular weight excluding hydrogens is 375 g/mol. The molecule has 2 amide bonds. The molecule has 0 bridgehead atoms. The van der Waals surface area contributed by atoms with Gasteiger partial charge in [0.05, 0.1) is 12.6 Å². The van der Waals surface area contributed by atoms with Crippen LogP contribution in [0.15, 0.2) is 48.5 Å². The Kier molecular flexibility index (Phi) is 5.49. The second-order valence-electron chi connectivity index (χ2n) is 7.35. The van der Waals surface area contributed by atoms with Crippen molar-refractivity contribution in [3.63, 3.8) is 0 Å². The highest BCUT2D eigenvalue weighted by molar-refractivity contribution is 5.82. The number of carboxylic acid groups (broad SMARTS) is 1. The van der Waals surface area contributed by atoms with Gasteiger partial charge < -0.3 is 19.6 Å². The van der Waals surface area contributed by atoms with Gasteiger partial charge in [-0.15, -0.1) is 0 Å². The van der Waals surface area contributed by atoms with Crippen molar-refractivity contribution in [1.29, 1.82) is 0 Å². The lowest BCUT2D eigenvalue weighted by atomic mass is 9.87. The molecule has 0 spiro atoms. The van der Waals surface area contributed by atoms with Gasteiger partial charge in [0.2, 0.25) is 0 Å². The summed E-state index contributed by atoms with van der Waals surface area (Å²) < 4.78 is 19.2. The highest BCUT2D eigenvalue weighted by Crippen LogP contribution is 2.36. The quantitative estimate of drug-likeness (QED) is 0.844. The Balaban J connectivity index is 1.63. The minimum Gasteiger partial charge on any atom is -0.465 e. The lowest BCUT2D eigenvalue weighted by Crippen LogP contribution is -2.46. The van der Waals surface area contributed by atoms with E-state index < -0.39 is 12.2 Å². The molecule has 0 aliphatic carbocycles. The van der Waals surface area contributed by atoms with Crippen LogP contribution in [0, 0.1) is 5.82 Å². The lowest BCUT2D eigenvalue weighted by molar-refractivity contribution is -0.145. The van der Waals surface area contributed by atoms with Gasteiger partial charge in [-0.1, -0.05) is 36.4 Å². The van der Waals surface area contributed by atoms with Crippen molar-refractivity contribution in [2.45, 2.75) is 25.0 Å². The molecule has 2 aliphatic rings. The van der Waals surface area contributed by atoms with Crippen LogP contribution < -0.4 is 0 Å². The van der Waals surface area contributed by atoms with Gasteiger partial charge in [0.15, 0.2) is 0 Å². The van der Waals surface area contributed by atoms with E-state index in [1.165, 1.54) is 22.6 Å². The Hall–Kier alpha value is -2.93. The normalized spacial score (nSPS) is 22.0. The van der Waals surface area contributed by atoms with Gasteiger partial charge in [0.1, 0.15) is 11.9 Å². The summed E-state index contributed by atoms with van der Waals surface area (Å²) in [7, 11) is 0. The van der Waals surface area contributed by atoms with Gasteiger partial charge in [-0.2, -0.15) is 0 Å².